The zero-order valence-electron chi connectivity index (χ0n) is 16.5. The Morgan fingerprint density at radius 2 is 2.07 bits per heavy atom. The maximum atomic E-state index is 14.3. The molecule has 0 aliphatic rings. The van der Waals surface area contributed by atoms with E-state index in [1.807, 2.05) is 0 Å². The van der Waals surface area contributed by atoms with Gasteiger partial charge in [-0.1, -0.05) is 12.8 Å². The summed E-state index contributed by atoms with van der Waals surface area (Å²) in [6.45, 7) is 0. The van der Waals surface area contributed by atoms with Gasteiger partial charge in [-0.05, 0) is 31.0 Å². The summed E-state index contributed by atoms with van der Waals surface area (Å²) < 4.78 is 42.4. The van der Waals surface area contributed by atoms with Crippen LogP contribution in [0.4, 0.5) is 4.39 Å². The lowest BCUT2D eigenvalue weighted by Gasteiger charge is -2.08. The summed E-state index contributed by atoms with van der Waals surface area (Å²) in [4.78, 5) is 22.8. The van der Waals surface area contributed by atoms with Crippen molar-refractivity contribution in [3.05, 3.63) is 54.4 Å². The number of hydrogen-bond acceptors (Lipinski definition) is 7. The fourth-order valence-corrected chi connectivity index (χ4v) is 3.67. The van der Waals surface area contributed by atoms with Crippen LogP contribution in [-0.2, 0) is 9.84 Å². The van der Waals surface area contributed by atoms with E-state index < -0.39 is 15.7 Å². The van der Waals surface area contributed by atoms with E-state index in [-0.39, 0.29) is 28.2 Å². The molecule has 0 aliphatic heterocycles. The number of unbranched alkanes of at least 4 members (excludes halogenated alkanes) is 2. The number of carbonyl (C=O) groups is 1. The highest BCUT2D eigenvalue weighted by Gasteiger charge is 2.16. The second kappa shape index (κ2) is 9.31. The maximum absolute atomic E-state index is 14.3. The van der Waals surface area contributed by atoms with E-state index in [4.69, 9.17) is 10.2 Å². The molecule has 1 unspecified atom stereocenters. The van der Waals surface area contributed by atoms with Gasteiger partial charge in [0.15, 0.2) is 9.84 Å². The minimum Gasteiger partial charge on any atom is -0.442 e. The predicted octanol–water partition coefficient (Wildman–Crippen LogP) is 3.44. The molecule has 8 nitrogen and oxygen atoms in total. The first-order valence-electron chi connectivity index (χ1n) is 9.49. The van der Waals surface area contributed by atoms with Crippen LogP contribution in [0.15, 0.2) is 46.2 Å². The molecule has 0 fully saturated rings. The Hall–Kier alpha value is -2.85. The number of imidazole rings is 1. The van der Waals surface area contributed by atoms with Gasteiger partial charge in [0.25, 0.3) is 5.89 Å². The van der Waals surface area contributed by atoms with Crippen LogP contribution in [0, 0.1) is 5.82 Å². The quantitative estimate of drug-likeness (QED) is 0.369. The largest absolute Gasteiger partial charge is 0.442 e. The van der Waals surface area contributed by atoms with Gasteiger partial charge in [0.05, 0.1) is 29.0 Å². The van der Waals surface area contributed by atoms with Gasteiger partial charge in [-0.25, -0.2) is 22.8 Å². The Labute approximate surface area is 173 Å². The number of hydrogen-bond donors (Lipinski definition) is 2. The molecule has 0 saturated heterocycles. The molecule has 3 aromatic rings. The fourth-order valence-electron chi connectivity index (χ4n) is 3.04. The van der Waals surface area contributed by atoms with Gasteiger partial charge in [0, 0.05) is 18.2 Å². The van der Waals surface area contributed by atoms with Gasteiger partial charge >= 0.3 is 0 Å². The molecule has 0 saturated carbocycles. The highest BCUT2D eigenvalue weighted by Crippen LogP contribution is 2.25. The number of benzene rings is 1. The number of aromatic amines is 1. The monoisotopic (exact) mass is 434 g/mol. The lowest BCUT2D eigenvalue weighted by Crippen LogP contribution is -2.12. The van der Waals surface area contributed by atoms with Crippen molar-refractivity contribution in [2.75, 3.05) is 6.26 Å². The van der Waals surface area contributed by atoms with Crippen LogP contribution in [0.2, 0.25) is 0 Å². The van der Waals surface area contributed by atoms with Gasteiger partial charge in [-0.15, -0.1) is 0 Å². The van der Waals surface area contributed by atoms with Gasteiger partial charge < -0.3 is 15.1 Å². The predicted molar refractivity (Wildman–Crippen MR) is 108 cm³/mol. The third-order valence-corrected chi connectivity index (χ3v) is 5.81. The summed E-state index contributed by atoms with van der Waals surface area (Å²) in [6, 6.07) is 3.39. The Morgan fingerprint density at radius 3 is 2.73 bits per heavy atom. The number of nitrogens with two attached hydrogens (primary N) is 1. The fraction of sp³-hybridized carbons (Fsp3) is 0.350. The molecule has 0 amide bonds. The molecule has 160 valence electrons. The van der Waals surface area contributed by atoms with Crippen LogP contribution in [0.5, 0.6) is 0 Å². The van der Waals surface area contributed by atoms with Crippen molar-refractivity contribution in [3.63, 3.8) is 0 Å². The van der Waals surface area contributed by atoms with Crippen molar-refractivity contribution in [2.24, 2.45) is 5.73 Å². The van der Waals surface area contributed by atoms with Crippen molar-refractivity contribution >= 4 is 15.6 Å². The van der Waals surface area contributed by atoms with E-state index in [9.17, 15) is 17.6 Å². The molecule has 0 radical (unpaired) electrons. The number of nitrogens with one attached hydrogen (secondary N) is 1. The Morgan fingerprint density at radius 1 is 1.27 bits per heavy atom. The summed E-state index contributed by atoms with van der Waals surface area (Å²) in [7, 11) is -3.48. The number of oxazole rings is 1. The van der Waals surface area contributed by atoms with E-state index in [0.717, 1.165) is 25.2 Å². The van der Waals surface area contributed by atoms with Gasteiger partial charge in [-0.2, -0.15) is 0 Å². The first-order chi connectivity index (χ1) is 14.3. The lowest BCUT2D eigenvalue weighted by atomic mass is 10.1. The number of halogens is 1. The van der Waals surface area contributed by atoms with Crippen LogP contribution in [-0.4, -0.2) is 35.4 Å². The molecule has 1 atom stereocenters. The van der Waals surface area contributed by atoms with Crippen molar-refractivity contribution in [2.45, 2.75) is 43.0 Å². The van der Waals surface area contributed by atoms with Crippen molar-refractivity contribution in [1.82, 2.24) is 15.0 Å². The summed E-state index contributed by atoms with van der Waals surface area (Å²) in [5, 5.41) is 0. The van der Waals surface area contributed by atoms with Crippen LogP contribution >= 0.6 is 0 Å². The molecule has 3 rings (SSSR count). The topological polar surface area (TPSA) is 132 Å². The molecule has 0 spiro atoms. The summed E-state index contributed by atoms with van der Waals surface area (Å²) >= 11 is 0. The van der Waals surface area contributed by atoms with Crippen LogP contribution in [0.3, 0.4) is 0 Å². The number of sulfone groups is 1. The third kappa shape index (κ3) is 5.39. The number of rotatable bonds is 10. The lowest BCUT2D eigenvalue weighted by molar-refractivity contribution is 0.0945. The van der Waals surface area contributed by atoms with Crippen molar-refractivity contribution in [1.29, 1.82) is 0 Å². The standard InChI is InChI=1S/C20H23FN4O4S/c1-30(27,28)13-7-8-14(15(21)11-13)17-12-24-19(25-17)16(22)5-3-2-4-6-18(26)20-23-9-10-29-20/h7-12,16H,2-6,22H2,1H3,(H,24,25). The third-order valence-electron chi connectivity index (χ3n) is 4.70. The molecule has 30 heavy (non-hydrogen) atoms. The molecule has 2 aromatic heterocycles. The molecule has 0 bridgehead atoms. The van der Waals surface area contributed by atoms with Crippen molar-refractivity contribution < 1.29 is 22.0 Å². The number of Topliss-reactive ketones (excluding diaryl/α,β-unsaturated/α-hetero) is 1. The molecule has 3 N–H and O–H groups in total. The van der Waals surface area contributed by atoms with E-state index >= 15 is 0 Å². The van der Waals surface area contributed by atoms with E-state index in [1.165, 1.54) is 30.8 Å². The molecule has 1 aromatic carbocycles. The highest BCUT2D eigenvalue weighted by atomic mass is 32.2. The van der Waals surface area contributed by atoms with Crippen LogP contribution < -0.4 is 5.73 Å². The Kier molecular flexibility index (Phi) is 6.78. The second-order valence-electron chi connectivity index (χ2n) is 7.06. The molecule has 2 heterocycles. The normalized spacial score (nSPS) is 12.8. The summed E-state index contributed by atoms with van der Waals surface area (Å²) in [6.07, 6.45) is 8.64. The second-order valence-corrected chi connectivity index (χ2v) is 9.08. The summed E-state index contributed by atoms with van der Waals surface area (Å²) in [5.41, 5.74) is 6.81. The van der Waals surface area contributed by atoms with Gasteiger partial charge in [0.1, 0.15) is 17.9 Å². The van der Waals surface area contributed by atoms with Crippen LogP contribution in [0.25, 0.3) is 11.3 Å². The minimum atomic E-state index is -3.48. The number of nitrogens with zero attached hydrogens (tertiary/aromatic N) is 2. The zero-order valence-corrected chi connectivity index (χ0v) is 17.3. The average Bonchev–Trinajstić information content (AvgIpc) is 3.39. The number of aromatic nitrogens is 3. The van der Waals surface area contributed by atoms with Crippen molar-refractivity contribution in [3.8, 4) is 11.3 Å². The van der Waals surface area contributed by atoms with E-state index in [0.29, 0.717) is 30.8 Å². The number of carbonyl (C=O) groups excluding carboxylic acids is 1. The molecule has 0 aliphatic carbocycles. The van der Waals surface area contributed by atoms with Crippen LogP contribution in [0.1, 0.15) is 54.7 Å². The smallest absolute Gasteiger partial charge is 0.263 e. The first-order valence-corrected chi connectivity index (χ1v) is 11.4. The SMILES string of the molecule is CS(=O)(=O)c1ccc(-c2cnc(C(N)CCCCCC(=O)c3ncco3)[nH]2)c(F)c1. The molecular formula is C20H23FN4O4S. The Balaban J connectivity index is 1.51. The molecular weight excluding hydrogens is 411 g/mol. The maximum Gasteiger partial charge on any atom is 0.263 e. The highest BCUT2D eigenvalue weighted by molar-refractivity contribution is 7.90. The minimum absolute atomic E-state index is 0.0819. The average molecular weight is 434 g/mol. The number of ketones is 1. The summed E-state index contributed by atoms with van der Waals surface area (Å²) in [5.74, 6) is -0.125. The number of H-pyrrole nitrogens is 1. The van der Waals surface area contributed by atoms with E-state index in [2.05, 4.69) is 15.0 Å². The Bertz CT molecular complexity index is 1110. The van der Waals surface area contributed by atoms with Gasteiger partial charge in [-0.3, -0.25) is 4.79 Å². The zero-order chi connectivity index (χ0) is 21.7. The first kappa shape index (κ1) is 21.8. The molecule has 10 heteroatoms. The van der Waals surface area contributed by atoms with Gasteiger partial charge in [0.2, 0.25) is 5.78 Å². The van der Waals surface area contributed by atoms with E-state index in [1.54, 1.807) is 0 Å².